The zero-order valence-corrected chi connectivity index (χ0v) is 18.7. The summed E-state index contributed by atoms with van der Waals surface area (Å²) >= 11 is 0. The molecule has 2 heteroatoms. The molecule has 2 rings (SSSR count). The van der Waals surface area contributed by atoms with Crippen molar-refractivity contribution >= 4 is 0 Å². The van der Waals surface area contributed by atoms with Crippen LogP contribution in [0.1, 0.15) is 78.6 Å². The van der Waals surface area contributed by atoms with Crippen molar-refractivity contribution in [3.63, 3.8) is 0 Å². The first-order chi connectivity index (χ1) is 13.8. The fourth-order valence-corrected chi connectivity index (χ4v) is 3.88. The monoisotopic (exact) mass is 387 g/mol. The molecule has 2 nitrogen and oxygen atoms in total. The Kier molecular flexibility index (Phi) is 15.0. The molecular weight excluding hydrogens is 342 g/mol. The van der Waals surface area contributed by atoms with E-state index in [1.807, 2.05) is 38.2 Å². The van der Waals surface area contributed by atoms with E-state index in [9.17, 15) is 5.11 Å². The van der Waals surface area contributed by atoms with Gasteiger partial charge in [0.25, 0.3) is 0 Å². The minimum Gasteiger partial charge on any atom is -0.389 e. The van der Waals surface area contributed by atoms with Crippen molar-refractivity contribution in [1.82, 2.24) is 4.90 Å². The van der Waals surface area contributed by atoms with Crippen molar-refractivity contribution < 1.29 is 5.11 Å². The Morgan fingerprint density at radius 1 is 0.893 bits per heavy atom. The van der Waals surface area contributed by atoms with E-state index < -0.39 is 0 Å². The van der Waals surface area contributed by atoms with Gasteiger partial charge >= 0.3 is 0 Å². The Hall–Kier alpha value is -1.12. The lowest BCUT2D eigenvalue weighted by molar-refractivity contribution is 0.180. The molecule has 2 atom stereocenters. The summed E-state index contributed by atoms with van der Waals surface area (Å²) in [5, 5.41) is 9.83. The van der Waals surface area contributed by atoms with Crippen LogP contribution in [0.25, 0.3) is 0 Å². The molecule has 0 aromatic rings. The fourth-order valence-electron chi connectivity index (χ4n) is 3.88. The predicted molar refractivity (Wildman–Crippen MR) is 125 cm³/mol. The van der Waals surface area contributed by atoms with Crippen molar-refractivity contribution in [1.29, 1.82) is 0 Å². The Balaban J connectivity index is 0.00000190. The second kappa shape index (κ2) is 16.8. The fraction of sp³-hybridized carbons (Fsp3) is 0.692. The molecule has 28 heavy (non-hydrogen) atoms. The molecule has 0 aromatic heterocycles. The predicted octanol–water partition coefficient (Wildman–Crippen LogP) is 6.69. The van der Waals surface area contributed by atoms with Gasteiger partial charge in [0.15, 0.2) is 0 Å². The largest absolute Gasteiger partial charge is 0.389 e. The zero-order chi connectivity index (χ0) is 20.5. The van der Waals surface area contributed by atoms with Crippen LogP contribution in [0, 0.1) is 11.8 Å². The molecule has 1 N–H and O–H groups in total. The van der Waals surface area contributed by atoms with Crippen LogP contribution in [0.5, 0.6) is 0 Å². The summed E-state index contributed by atoms with van der Waals surface area (Å²) in [6, 6.07) is 0. The number of allylic oxidation sites excluding steroid dienone is 6. The first-order valence-corrected chi connectivity index (χ1v) is 11.9. The average Bonchev–Trinajstić information content (AvgIpc) is 2.69. The second-order valence-electron chi connectivity index (χ2n) is 7.88. The molecule has 0 bridgehead atoms. The number of rotatable bonds is 11. The molecule has 2 aliphatic rings. The molecule has 0 amide bonds. The highest BCUT2D eigenvalue weighted by atomic mass is 16.3. The minimum absolute atomic E-state index is 0.376. The van der Waals surface area contributed by atoms with E-state index >= 15 is 0 Å². The van der Waals surface area contributed by atoms with E-state index in [2.05, 4.69) is 36.1 Å². The minimum atomic E-state index is -0.376. The average molecular weight is 388 g/mol. The molecule has 0 radical (unpaired) electrons. The molecule has 2 unspecified atom stereocenters. The molecule has 1 saturated carbocycles. The lowest BCUT2D eigenvalue weighted by atomic mass is 9.74. The smallest absolute Gasteiger partial charge is 0.0758 e. The van der Waals surface area contributed by atoms with Gasteiger partial charge in [0, 0.05) is 0 Å². The van der Waals surface area contributed by atoms with E-state index in [0.29, 0.717) is 6.42 Å². The van der Waals surface area contributed by atoms with E-state index in [0.717, 1.165) is 18.3 Å². The molecular formula is C26H45NO. The Morgan fingerprint density at radius 3 is 2.18 bits per heavy atom. The van der Waals surface area contributed by atoms with E-state index in [4.69, 9.17) is 0 Å². The van der Waals surface area contributed by atoms with E-state index in [-0.39, 0.29) is 6.10 Å². The van der Waals surface area contributed by atoms with Crippen LogP contribution in [0.3, 0.4) is 0 Å². The van der Waals surface area contributed by atoms with Crippen LogP contribution in [-0.2, 0) is 0 Å². The van der Waals surface area contributed by atoms with Gasteiger partial charge in [-0.1, -0.05) is 82.2 Å². The number of nitrogens with zero attached hydrogens (tertiary/aromatic N) is 1. The number of hydrogen-bond acceptors (Lipinski definition) is 2. The van der Waals surface area contributed by atoms with Gasteiger partial charge in [-0.2, -0.15) is 0 Å². The third kappa shape index (κ3) is 11.0. The van der Waals surface area contributed by atoms with E-state index in [1.165, 1.54) is 64.6 Å². The highest BCUT2D eigenvalue weighted by Crippen LogP contribution is 2.36. The molecule has 1 aliphatic heterocycles. The highest BCUT2D eigenvalue weighted by Gasteiger charge is 2.25. The van der Waals surface area contributed by atoms with Crippen LogP contribution in [0.4, 0.5) is 0 Å². The first kappa shape index (κ1) is 24.9. The SMILES string of the molecule is CC.CC/C=C\CC(O)/C=C/C=C/C=C/C(CCN1CCCCC1)C1CCC1. The number of aliphatic hydroxyl groups is 1. The lowest BCUT2D eigenvalue weighted by Gasteiger charge is -2.34. The Bertz CT molecular complexity index is 467. The van der Waals surface area contributed by atoms with Gasteiger partial charge in [0.2, 0.25) is 0 Å². The maximum absolute atomic E-state index is 9.83. The zero-order valence-electron chi connectivity index (χ0n) is 18.7. The summed E-state index contributed by atoms with van der Waals surface area (Å²) in [5.41, 5.74) is 0. The van der Waals surface area contributed by atoms with Gasteiger partial charge in [0.1, 0.15) is 0 Å². The molecule has 1 heterocycles. The van der Waals surface area contributed by atoms with Crippen LogP contribution in [-0.4, -0.2) is 35.7 Å². The maximum atomic E-state index is 9.83. The summed E-state index contributed by atoms with van der Waals surface area (Å²) < 4.78 is 0. The number of likely N-dealkylation sites (tertiary alicyclic amines) is 1. The van der Waals surface area contributed by atoms with Crippen LogP contribution in [0.15, 0.2) is 48.6 Å². The highest BCUT2D eigenvalue weighted by molar-refractivity contribution is 5.13. The standard InChI is InChI=1S/C24H39NO.C2H6/c1-2-3-7-16-24(26)17-9-5-4-8-13-23(22-14-12-15-22)18-21-25-19-10-6-11-20-25;1-2/h3-5,7-9,13,17,22-24,26H,2,6,10-12,14-16,18-21H2,1H3;1-2H3/b5-4+,7-3-,13-8+,17-9+;. The molecule has 1 aliphatic carbocycles. The summed E-state index contributed by atoms with van der Waals surface area (Å²) in [4.78, 5) is 2.66. The summed E-state index contributed by atoms with van der Waals surface area (Å²) in [7, 11) is 0. The first-order valence-electron chi connectivity index (χ1n) is 11.9. The van der Waals surface area contributed by atoms with Crippen molar-refractivity contribution in [2.45, 2.75) is 84.7 Å². The molecule has 0 aromatic carbocycles. The van der Waals surface area contributed by atoms with Crippen molar-refractivity contribution in [3.05, 3.63) is 48.6 Å². The molecule has 1 saturated heterocycles. The molecule has 2 fully saturated rings. The Morgan fingerprint density at radius 2 is 1.57 bits per heavy atom. The van der Waals surface area contributed by atoms with Gasteiger partial charge in [-0.25, -0.2) is 0 Å². The molecule has 0 spiro atoms. The van der Waals surface area contributed by atoms with Crippen LogP contribution in [0.2, 0.25) is 0 Å². The van der Waals surface area contributed by atoms with Crippen LogP contribution < -0.4 is 0 Å². The van der Waals surface area contributed by atoms with Crippen molar-refractivity contribution in [2.75, 3.05) is 19.6 Å². The van der Waals surface area contributed by atoms with Gasteiger partial charge in [-0.3, -0.25) is 0 Å². The summed E-state index contributed by atoms with van der Waals surface area (Å²) in [5.74, 6) is 1.65. The number of piperidine rings is 1. The van der Waals surface area contributed by atoms with Gasteiger partial charge < -0.3 is 10.0 Å². The maximum Gasteiger partial charge on any atom is 0.0758 e. The van der Waals surface area contributed by atoms with Gasteiger partial charge in [-0.05, 0) is 76.4 Å². The topological polar surface area (TPSA) is 23.5 Å². The normalized spacial score (nSPS) is 21.3. The quantitative estimate of drug-likeness (QED) is 0.315. The molecule has 160 valence electrons. The third-order valence-electron chi connectivity index (χ3n) is 5.79. The van der Waals surface area contributed by atoms with Gasteiger partial charge in [0.05, 0.1) is 6.10 Å². The summed E-state index contributed by atoms with van der Waals surface area (Å²) in [6.07, 6.45) is 27.9. The lowest BCUT2D eigenvalue weighted by Crippen LogP contribution is -2.33. The van der Waals surface area contributed by atoms with Gasteiger partial charge in [-0.15, -0.1) is 0 Å². The van der Waals surface area contributed by atoms with E-state index in [1.54, 1.807) is 0 Å². The Labute approximate surface area is 175 Å². The van der Waals surface area contributed by atoms with Crippen molar-refractivity contribution in [2.24, 2.45) is 11.8 Å². The van der Waals surface area contributed by atoms with Crippen LogP contribution >= 0.6 is 0 Å². The number of aliphatic hydroxyl groups excluding tert-OH is 1. The van der Waals surface area contributed by atoms with Crippen molar-refractivity contribution in [3.8, 4) is 0 Å². The summed E-state index contributed by atoms with van der Waals surface area (Å²) in [6.45, 7) is 9.99. The third-order valence-corrected chi connectivity index (χ3v) is 5.79. The number of hydrogen-bond donors (Lipinski definition) is 1. The second-order valence-corrected chi connectivity index (χ2v) is 7.88.